The Kier molecular flexibility index (Phi) is 3.01. The molecule has 20 heavy (non-hydrogen) atoms. The number of aliphatic hydroxyl groups is 1. The number of rotatable bonds is 3. The van der Waals surface area contributed by atoms with Crippen LogP contribution in [0.1, 0.15) is 27.9 Å². The van der Waals surface area contributed by atoms with Gasteiger partial charge in [0.05, 0.1) is 18.8 Å². The standard InChI is InChI=1S/C12H16N6O2/c1-8-3-11(14-16(8)2)12(20)17-5-10(6-17)18-4-9(7-19)13-15-18/h3-4,10,19H,5-7H2,1-2H3. The molecule has 1 fully saturated rings. The number of hydrogen-bond acceptors (Lipinski definition) is 5. The van der Waals surface area contributed by atoms with E-state index in [4.69, 9.17) is 5.11 Å². The van der Waals surface area contributed by atoms with E-state index in [1.54, 1.807) is 26.5 Å². The second-order valence-corrected chi connectivity index (χ2v) is 5.01. The van der Waals surface area contributed by atoms with Gasteiger partial charge in [-0.15, -0.1) is 5.10 Å². The van der Waals surface area contributed by atoms with Crippen molar-refractivity contribution in [1.29, 1.82) is 0 Å². The number of likely N-dealkylation sites (tertiary alicyclic amines) is 1. The van der Waals surface area contributed by atoms with E-state index in [1.165, 1.54) is 0 Å². The lowest BCUT2D eigenvalue weighted by atomic mass is 10.1. The Morgan fingerprint density at radius 2 is 2.25 bits per heavy atom. The van der Waals surface area contributed by atoms with Crippen LogP contribution in [0.5, 0.6) is 0 Å². The highest BCUT2D eigenvalue weighted by Gasteiger charge is 2.34. The Morgan fingerprint density at radius 1 is 1.50 bits per heavy atom. The maximum atomic E-state index is 12.2. The summed E-state index contributed by atoms with van der Waals surface area (Å²) < 4.78 is 3.38. The van der Waals surface area contributed by atoms with Crippen molar-refractivity contribution in [3.05, 3.63) is 29.3 Å². The fraction of sp³-hybridized carbons (Fsp3) is 0.500. The van der Waals surface area contributed by atoms with Crippen molar-refractivity contribution in [2.75, 3.05) is 13.1 Å². The van der Waals surface area contributed by atoms with Gasteiger partial charge >= 0.3 is 0 Å². The predicted octanol–water partition coefficient (Wildman–Crippen LogP) is -0.491. The van der Waals surface area contributed by atoms with Crippen LogP contribution >= 0.6 is 0 Å². The van der Waals surface area contributed by atoms with Crippen molar-refractivity contribution < 1.29 is 9.90 Å². The molecule has 1 aliphatic heterocycles. The minimum atomic E-state index is -0.122. The first kappa shape index (κ1) is 12.8. The van der Waals surface area contributed by atoms with Gasteiger partial charge in [0, 0.05) is 25.8 Å². The maximum Gasteiger partial charge on any atom is 0.274 e. The molecule has 0 aliphatic carbocycles. The molecule has 3 heterocycles. The molecule has 3 rings (SSSR count). The molecule has 1 amide bonds. The van der Waals surface area contributed by atoms with Crippen molar-refractivity contribution in [3.63, 3.8) is 0 Å². The largest absolute Gasteiger partial charge is 0.390 e. The van der Waals surface area contributed by atoms with Crippen molar-refractivity contribution in [2.24, 2.45) is 7.05 Å². The second-order valence-electron chi connectivity index (χ2n) is 5.01. The lowest BCUT2D eigenvalue weighted by Crippen LogP contribution is -2.51. The summed E-state index contributed by atoms with van der Waals surface area (Å²) in [6.45, 7) is 2.96. The van der Waals surface area contributed by atoms with Crippen LogP contribution in [-0.2, 0) is 13.7 Å². The summed E-state index contributed by atoms with van der Waals surface area (Å²) in [6, 6.07) is 1.91. The number of aliphatic hydroxyl groups excluding tert-OH is 1. The third-order valence-corrected chi connectivity index (χ3v) is 3.58. The van der Waals surface area contributed by atoms with E-state index >= 15 is 0 Å². The van der Waals surface area contributed by atoms with E-state index in [2.05, 4.69) is 15.4 Å². The van der Waals surface area contributed by atoms with Gasteiger partial charge in [-0.1, -0.05) is 5.21 Å². The normalized spacial score (nSPS) is 15.4. The average molecular weight is 276 g/mol. The summed E-state index contributed by atoms with van der Waals surface area (Å²) in [6.07, 6.45) is 1.71. The molecule has 8 nitrogen and oxygen atoms in total. The van der Waals surface area contributed by atoms with Crippen molar-refractivity contribution in [3.8, 4) is 0 Å². The van der Waals surface area contributed by atoms with E-state index in [0.29, 0.717) is 24.5 Å². The zero-order valence-electron chi connectivity index (χ0n) is 11.4. The van der Waals surface area contributed by atoms with Crippen LogP contribution in [0.2, 0.25) is 0 Å². The lowest BCUT2D eigenvalue weighted by molar-refractivity contribution is 0.0491. The average Bonchev–Trinajstić information content (AvgIpc) is 2.96. The SMILES string of the molecule is Cc1cc(C(=O)N2CC(n3cc(CO)nn3)C2)nn1C. The van der Waals surface area contributed by atoms with Crippen LogP contribution in [0.3, 0.4) is 0 Å². The molecule has 0 atom stereocenters. The molecule has 1 N–H and O–H groups in total. The van der Waals surface area contributed by atoms with Crippen molar-refractivity contribution in [1.82, 2.24) is 29.7 Å². The zero-order valence-corrected chi connectivity index (χ0v) is 11.4. The van der Waals surface area contributed by atoms with Crippen LogP contribution in [0.25, 0.3) is 0 Å². The first-order valence-corrected chi connectivity index (χ1v) is 6.40. The van der Waals surface area contributed by atoms with Crippen LogP contribution in [0.15, 0.2) is 12.3 Å². The summed E-state index contributed by atoms with van der Waals surface area (Å²) in [5.74, 6) is -0.0625. The topological polar surface area (TPSA) is 89.1 Å². The summed E-state index contributed by atoms with van der Waals surface area (Å²) in [5, 5.41) is 20.9. The van der Waals surface area contributed by atoms with Crippen LogP contribution in [0, 0.1) is 6.92 Å². The van der Waals surface area contributed by atoms with Gasteiger partial charge in [-0.3, -0.25) is 9.48 Å². The highest BCUT2D eigenvalue weighted by molar-refractivity contribution is 5.93. The fourth-order valence-corrected chi connectivity index (χ4v) is 2.18. The van der Waals surface area contributed by atoms with Crippen molar-refractivity contribution in [2.45, 2.75) is 19.6 Å². The molecule has 0 bridgehead atoms. The molecule has 0 spiro atoms. The Hall–Kier alpha value is -2.22. The van der Waals surface area contributed by atoms with Crippen molar-refractivity contribution >= 4 is 5.91 Å². The predicted molar refractivity (Wildman–Crippen MR) is 68.8 cm³/mol. The van der Waals surface area contributed by atoms with Gasteiger partial charge in [0.1, 0.15) is 5.69 Å². The molecule has 8 heteroatoms. The smallest absolute Gasteiger partial charge is 0.274 e. The number of aromatic nitrogens is 5. The third-order valence-electron chi connectivity index (χ3n) is 3.58. The molecular formula is C12H16N6O2. The lowest BCUT2D eigenvalue weighted by Gasteiger charge is -2.38. The van der Waals surface area contributed by atoms with E-state index < -0.39 is 0 Å². The number of hydrogen-bond donors (Lipinski definition) is 1. The van der Waals surface area contributed by atoms with E-state index in [0.717, 1.165) is 5.69 Å². The summed E-state index contributed by atoms with van der Waals surface area (Å²) in [5.41, 5.74) is 1.96. The Labute approximate surface area is 115 Å². The molecule has 0 aromatic carbocycles. The highest BCUT2D eigenvalue weighted by Crippen LogP contribution is 2.22. The number of nitrogens with zero attached hydrogens (tertiary/aromatic N) is 6. The van der Waals surface area contributed by atoms with Gasteiger partial charge < -0.3 is 10.0 Å². The molecule has 0 saturated carbocycles. The van der Waals surface area contributed by atoms with Gasteiger partial charge in [-0.2, -0.15) is 5.10 Å². The molecule has 1 saturated heterocycles. The summed E-state index contributed by atoms with van der Waals surface area (Å²) in [7, 11) is 1.82. The number of carbonyl (C=O) groups is 1. The summed E-state index contributed by atoms with van der Waals surface area (Å²) >= 11 is 0. The zero-order chi connectivity index (χ0) is 14.3. The molecule has 0 radical (unpaired) electrons. The molecule has 1 aliphatic rings. The number of carbonyl (C=O) groups excluding carboxylic acids is 1. The monoisotopic (exact) mass is 276 g/mol. The first-order valence-electron chi connectivity index (χ1n) is 6.40. The quantitative estimate of drug-likeness (QED) is 0.817. The highest BCUT2D eigenvalue weighted by atomic mass is 16.3. The van der Waals surface area contributed by atoms with Gasteiger partial charge in [0.15, 0.2) is 5.69 Å². The maximum absolute atomic E-state index is 12.2. The first-order chi connectivity index (χ1) is 9.58. The molecule has 2 aromatic heterocycles. The summed E-state index contributed by atoms with van der Waals surface area (Å²) in [4.78, 5) is 13.9. The van der Waals surface area contributed by atoms with Gasteiger partial charge in [-0.05, 0) is 13.0 Å². The number of amides is 1. The third kappa shape index (κ3) is 2.07. The van der Waals surface area contributed by atoms with Gasteiger partial charge in [0.2, 0.25) is 0 Å². The van der Waals surface area contributed by atoms with Gasteiger partial charge in [-0.25, -0.2) is 4.68 Å². The van der Waals surface area contributed by atoms with Crippen LogP contribution < -0.4 is 0 Å². The Balaban J connectivity index is 1.63. The van der Waals surface area contributed by atoms with E-state index in [-0.39, 0.29) is 18.6 Å². The minimum Gasteiger partial charge on any atom is -0.390 e. The van der Waals surface area contributed by atoms with E-state index in [9.17, 15) is 4.79 Å². The Bertz CT molecular complexity index is 621. The molecular weight excluding hydrogens is 260 g/mol. The molecule has 0 unspecified atom stereocenters. The molecule has 2 aromatic rings. The van der Waals surface area contributed by atoms with E-state index in [1.807, 2.05) is 14.0 Å². The van der Waals surface area contributed by atoms with Crippen LogP contribution in [0.4, 0.5) is 0 Å². The Morgan fingerprint density at radius 3 is 2.80 bits per heavy atom. The van der Waals surface area contributed by atoms with Gasteiger partial charge in [0.25, 0.3) is 5.91 Å². The fourth-order valence-electron chi connectivity index (χ4n) is 2.18. The minimum absolute atomic E-state index is 0.0625. The molecule has 106 valence electrons. The second kappa shape index (κ2) is 4.71. The van der Waals surface area contributed by atoms with Crippen LogP contribution in [-0.4, -0.2) is 53.8 Å². The number of aryl methyl sites for hydroxylation is 2.